The fourth-order valence-electron chi connectivity index (χ4n) is 2.03. The van der Waals surface area contributed by atoms with Crippen LogP contribution >= 0.6 is 15.9 Å². The van der Waals surface area contributed by atoms with Gasteiger partial charge in [-0.05, 0) is 29.8 Å². The van der Waals surface area contributed by atoms with Crippen LogP contribution < -0.4 is 9.47 Å². The number of benzene rings is 2. The highest BCUT2D eigenvalue weighted by Crippen LogP contribution is 2.31. The molecule has 0 aromatic heterocycles. The molecule has 0 unspecified atom stereocenters. The Morgan fingerprint density at radius 2 is 1.91 bits per heavy atom. The average Bonchev–Trinajstić information content (AvgIpc) is 2.57. The van der Waals surface area contributed by atoms with Crippen molar-refractivity contribution in [2.24, 2.45) is 0 Å². The Kier molecular flexibility index (Phi) is 6.23. The molecule has 0 aliphatic carbocycles. The van der Waals surface area contributed by atoms with Gasteiger partial charge in [-0.25, -0.2) is 4.79 Å². The monoisotopic (exact) mass is 376 g/mol. The van der Waals surface area contributed by atoms with Gasteiger partial charge in [-0.15, -0.1) is 0 Å². The maximum absolute atomic E-state index is 11.8. The summed E-state index contributed by atoms with van der Waals surface area (Å²) in [6.07, 6.45) is 3.01. The summed E-state index contributed by atoms with van der Waals surface area (Å²) in [5.74, 6) is 0.762. The van der Waals surface area contributed by atoms with Crippen molar-refractivity contribution < 1.29 is 19.0 Å². The molecule has 0 atom stereocenters. The molecule has 0 saturated carbocycles. The molecule has 0 saturated heterocycles. The fraction of sp³-hybridized carbons (Fsp3) is 0.167. The van der Waals surface area contributed by atoms with Crippen molar-refractivity contribution in [2.75, 3.05) is 14.2 Å². The molecule has 0 N–H and O–H groups in total. The average molecular weight is 377 g/mol. The minimum atomic E-state index is -0.421. The molecule has 2 aromatic carbocycles. The lowest BCUT2D eigenvalue weighted by Gasteiger charge is -2.09. The van der Waals surface area contributed by atoms with Crippen LogP contribution in [0.4, 0.5) is 0 Å². The predicted octanol–water partition coefficient (Wildman–Crippen LogP) is 4.22. The summed E-state index contributed by atoms with van der Waals surface area (Å²) in [7, 11) is 3.12. The minimum absolute atomic E-state index is 0.220. The van der Waals surface area contributed by atoms with Crippen LogP contribution in [0.15, 0.2) is 53.0 Å². The summed E-state index contributed by atoms with van der Waals surface area (Å²) in [6.45, 7) is 0.220. The Morgan fingerprint density at radius 3 is 2.61 bits per heavy atom. The van der Waals surface area contributed by atoms with Crippen molar-refractivity contribution in [3.8, 4) is 11.5 Å². The van der Waals surface area contributed by atoms with Crippen LogP contribution in [0.1, 0.15) is 11.1 Å². The van der Waals surface area contributed by atoms with E-state index in [1.54, 1.807) is 26.4 Å². The van der Waals surface area contributed by atoms with Gasteiger partial charge in [0.05, 0.1) is 14.2 Å². The second-order valence-corrected chi connectivity index (χ2v) is 5.57. The number of methoxy groups -OCH3 is 2. The van der Waals surface area contributed by atoms with E-state index >= 15 is 0 Å². The number of ether oxygens (including phenoxy) is 3. The molecule has 0 aliphatic heterocycles. The highest BCUT2D eigenvalue weighted by Gasteiger charge is 2.07. The first-order valence-corrected chi connectivity index (χ1v) is 7.73. The summed E-state index contributed by atoms with van der Waals surface area (Å²) < 4.78 is 16.7. The minimum Gasteiger partial charge on any atom is -0.493 e. The van der Waals surface area contributed by atoms with Crippen LogP contribution in [-0.2, 0) is 16.1 Å². The van der Waals surface area contributed by atoms with Crippen LogP contribution in [0.2, 0.25) is 0 Å². The molecule has 2 aromatic rings. The molecule has 0 amide bonds. The summed E-state index contributed by atoms with van der Waals surface area (Å²) >= 11 is 3.38. The first-order valence-electron chi connectivity index (χ1n) is 6.94. The van der Waals surface area contributed by atoms with E-state index in [-0.39, 0.29) is 6.61 Å². The van der Waals surface area contributed by atoms with Gasteiger partial charge in [0.1, 0.15) is 6.61 Å². The third-order valence-corrected chi connectivity index (χ3v) is 3.60. The summed E-state index contributed by atoms with van der Waals surface area (Å²) in [5, 5.41) is 0. The fourth-order valence-corrected chi connectivity index (χ4v) is 2.48. The Hall–Kier alpha value is -2.27. The van der Waals surface area contributed by atoms with E-state index in [0.717, 1.165) is 15.6 Å². The van der Waals surface area contributed by atoms with Gasteiger partial charge in [-0.3, -0.25) is 0 Å². The van der Waals surface area contributed by atoms with Gasteiger partial charge in [0.2, 0.25) is 0 Å². The maximum atomic E-state index is 11.8. The number of carbonyl (C=O) groups excluding carboxylic acids is 1. The van der Waals surface area contributed by atoms with Gasteiger partial charge in [-0.2, -0.15) is 0 Å². The van der Waals surface area contributed by atoms with Crippen LogP contribution in [0.5, 0.6) is 11.5 Å². The summed E-state index contributed by atoms with van der Waals surface area (Å²) in [5.41, 5.74) is 1.66. The van der Waals surface area contributed by atoms with Crippen LogP contribution in [0, 0.1) is 0 Å². The van der Waals surface area contributed by atoms with E-state index in [1.165, 1.54) is 6.08 Å². The Bertz CT molecular complexity index is 710. The summed E-state index contributed by atoms with van der Waals surface area (Å²) in [4.78, 5) is 11.8. The predicted molar refractivity (Wildman–Crippen MR) is 92.5 cm³/mol. The maximum Gasteiger partial charge on any atom is 0.331 e. The molecule has 0 aliphatic rings. The van der Waals surface area contributed by atoms with E-state index in [1.807, 2.05) is 36.4 Å². The highest BCUT2D eigenvalue weighted by atomic mass is 79.9. The number of carbonyl (C=O) groups is 1. The van der Waals surface area contributed by atoms with Crippen molar-refractivity contribution in [3.63, 3.8) is 0 Å². The lowest BCUT2D eigenvalue weighted by Crippen LogP contribution is -2.01. The first-order chi connectivity index (χ1) is 11.1. The molecular weight excluding hydrogens is 360 g/mol. The molecule has 0 fully saturated rings. The number of para-hydroxylation sites is 1. The molecule has 0 heterocycles. The van der Waals surface area contributed by atoms with Crippen molar-refractivity contribution >= 4 is 28.0 Å². The van der Waals surface area contributed by atoms with E-state index in [9.17, 15) is 4.79 Å². The lowest BCUT2D eigenvalue weighted by atomic mass is 10.1. The standard InChI is InChI=1S/C18H17BrO4/c1-21-16-8-4-6-14(18(16)22-2)9-10-17(20)23-12-13-5-3-7-15(19)11-13/h3-11H,12H2,1-2H3/b10-9+. The van der Waals surface area contributed by atoms with Crippen molar-refractivity contribution in [2.45, 2.75) is 6.61 Å². The van der Waals surface area contributed by atoms with Crippen LogP contribution in [-0.4, -0.2) is 20.2 Å². The quantitative estimate of drug-likeness (QED) is 0.559. The molecule has 120 valence electrons. The third-order valence-electron chi connectivity index (χ3n) is 3.10. The number of hydrogen-bond donors (Lipinski definition) is 0. The number of esters is 1. The van der Waals surface area contributed by atoms with Crippen molar-refractivity contribution in [1.82, 2.24) is 0 Å². The van der Waals surface area contributed by atoms with E-state index in [2.05, 4.69) is 15.9 Å². The van der Waals surface area contributed by atoms with Gasteiger partial charge >= 0.3 is 5.97 Å². The largest absolute Gasteiger partial charge is 0.493 e. The zero-order valence-electron chi connectivity index (χ0n) is 12.9. The zero-order valence-corrected chi connectivity index (χ0v) is 14.5. The first kappa shape index (κ1) is 17.1. The number of halogens is 1. The highest BCUT2D eigenvalue weighted by molar-refractivity contribution is 9.10. The molecule has 4 nitrogen and oxygen atoms in total. The summed E-state index contributed by atoms with van der Waals surface area (Å²) in [6, 6.07) is 13.1. The van der Waals surface area contributed by atoms with Gasteiger partial charge in [-0.1, -0.05) is 40.2 Å². The SMILES string of the molecule is COc1cccc(/C=C/C(=O)OCc2cccc(Br)c2)c1OC. The van der Waals surface area contributed by atoms with Crippen LogP contribution in [0.25, 0.3) is 6.08 Å². The van der Waals surface area contributed by atoms with E-state index < -0.39 is 5.97 Å². The van der Waals surface area contributed by atoms with E-state index in [4.69, 9.17) is 14.2 Å². The topological polar surface area (TPSA) is 44.8 Å². The van der Waals surface area contributed by atoms with Gasteiger partial charge in [0.15, 0.2) is 11.5 Å². The molecular formula is C18H17BrO4. The molecule has 5 heteroatoms. The number of hydrogen-bond acceptors (Lipinski definition) is 4. The van der Waals surface area contributed by atoms with Gasteiger partial charge in [0.25, 0.3) is 0 Å². The van der Waals surface area contributed by atoms with Crippen LogP contribution in [0.3, 0.4) is 0 Å². The van der Waals surface area contributed by atoms with Crippen molar-refractivity contribution in [3.05, 3.63) is 64.1 Å². The lowest BCUT2D eigenvalue weighted by molar-refractivity contribution is -0.138. The van der Waals surface area contributed by atoms with E-state index in [0.29, 0.717) is 11.5 Å². The Morgan fingerprint density at radius 1 is 1.13 bits per heavy atom. The normalized spacial score (nSPS) is 10.6. The molecule has 2 rings (SSSR count). The zero-order chi connectivity index (χ0) is 16.7. The Labute approximate surface area is 143 Å². The Balaban J connectivity index is 2.01. The molecule has 0 bridgehead atoms. The van der Waals surface area contributed by atoms with Gasteiger partial charge in [0, 0.05) is 16.1 Å². The third kappa shape index (κ3) is 4.86. The van der Waals surface area contributed by atoms with Gasteiger partial charge < -0.3 is 14.2 Å². The molecule has 0 radical (unpaired) electrons. The molecule has 23 heavy (non-hydrogen) atoms. The second-order valence-electron chi connectivity index (χ2n) is 4.65. The number of rotatable bonds is 6. The second kappa shape index (κ2) is 8.39. The molecule has 0 spiro atoms. The van der Waals surface area contributed by atoms with Crippen molar-refractivity contribution in [1.29, 1.82) is 0 Å². The smallest absolute Gasteiger partial charge is 0.331 e.